The van der Waals surface area contributed by atoms with Crippen molar-refractivity contribution in [3.8, 4) is 0 Å². The van der Waals surface area contributed by atoms with Crippen molar-refractivity contribution in [1.29, 1.82) is 0 Å². The van der Waals surface area contributed by atoms with Gasteiger partial charge in [-0.25, -0.2) is 4.79 Å². The molecule has 7 rings (SSSR count). The topological polar surface area (TPSA) is 174 Å². The van der Waals surface area contributed by atoms with Crippen LogP contribution in [0.25, 0.3) is 0 Å². The van der Waals surface area contributed by atoms with Crippen LogP contribution in [-0.2, 0) is 33.2 Å². The van der Waals surface area contributed by atoms with Crippen LogP contribution in [-0.4, -0.2) is 145 Å². The van der Waals surface area contributed by atoms with Gasteiger partial charge in [0.1, 0.15) is 23.9 Å². The molecule has 0 radical (unpaired) electrons. The van der Waals surface area contributed by atoms with E-state index < -0.39 is 106 Å². The SMILES string of the molecule is CC/C=C\C/C=C\C/C=C\C/C=C\C/C=C\CCCC(=O)O[C@@]12[C@@H]3C4N(CC)C[C@]5(COC)[C@H](O)C[C@H](OC)[C@]4([C@@H]5[C@H]3OC)[C@]3(O)C[C@@](O)([C@H](OC(=O)c4ccccc4)[C@H]13)[C@@H](OC)[C@@H]2O. The smallest absolute Gasteiger partial charge is 0.338 e. The fourth-order valence-corrected chi connectivity index (χ4v) is 14.1. The summed E-state index contributed by atoms with van der Waals surface area (Å²) in [5, 5.41) is 52.6. The van der Waals surface area contributed by atoms with E-state index in [2.05, 4.69) is 66.5 Å². The first-order chi connectivity index (χ1) is 31.4. The minimum absolute atomic E-state index is 0.0154. The van der Waals surface area contributed by atoms with Crippen LogP contribution < -0.4 is 0 Å². The Morgan fingerprint density at radius 2 is 1.43 bits per heavy atom. The molecule has 358 valence electrons. The average Bonchev–Trinajstić information content (AvgIpc) is 3.65. The molecule has 6 aliphatic rings. The fraction of sp³-hybridized carbons (Fsp3) is 0.654. The van der Waals surface area contributed by atoms with Crippen molar-refractivity contribution in [3.05, 3.63) is 96.7 Å². The molecule has 1 aromatic rings. The highest BCUT2D eigenvalue weighted by molar-refractivity contribution is 5.89. The highest BCUT2D eigenvalue weighted by Gasteiger charge is 2.96. The Hall–Kier alpha value is -3.50. The molecule has 1 aliphatic heterocycles. The molecule has 5 saturated carbocycles. The average molecular weight is 904 g/mol. The summed E-state index contributed by atoms with van der Waals surface area (Å²) < 4.78 is 38.2. The molecular weight excluding hydrogens is 831 g/mol. The third-order valence-electron chi connectivity index (χ3n) is 16.1. The maximum absolute atomic E-state index is 14.6. The Morgan fingerprint density at radius 1 is 0.800 bits per heavy atom. The first-order valence-corrected chi connectivity index (χ1v) is 23.7. The molecule has 1 aromatic carbocycles. The van der Waals surface area contributed by atoms with Gasteiger partial charge in [0, 0.05) is 83.0 Å². The predicted octanol–water partition coefficient (Wildman–Crippen LogP) is 5.66. The van der Waals surface area contributed by atoms with E-state index >= 15 is 0 Å². The highest BCUT2D eigenvalue weighted by Crippen LogP contribution is 2.82. The van der Waals surface area contributed by atoms with Crippen LogP contribution in [0.15, 0.2) is 91.1 Å². The molecule has 1 unspecified atom stereocenters. The number of aliphatic hydroxyl groups is 4. The van der Waals surface area contributed by atoms with Gasteiger partial charge in [-0.2, -0.15) is 0 Å². The van der Waals surface area contributed by atoms with Crippen molar-refractivity contribution in [2.24, 2.45) is 28.6 Å². The number of benzene rings is 1. The third kappa shape index (κ3) is 7.84. The number of carbonyl (C=O) groups is 2. The van der Waals surface area contributed by atoms with E-state index in [1.165, 1.54) is 7.11 Å². The highest BCUT2D eigenvalue weighted by atomic mass is 16.6. The number of aliphatic hydroxyl groups excluding tert-OH is 2. The third-order valence-corrected chi connectivity index (χ3v) is 16.1. The summed E-state index contributed by atoms with van der Waals surface area (Å²) in [5.41, 5.74) is -8.36. The normalized spacial score (nSPS) is 40.6. The number of hydrogen-bond acceptors (Lipinski definition) is 13. The summed E-state index contributed by atoms with van der Waals surface area (Å²) in [7, 11) is 6.03. The fourth-order valence-electron chi connectivity index (χ4n) is 14.1. The second kappa shape index (κ2) is 20.4. The lowest BCUT2D eigenvalue weighted by Crippen LogP contribution is -2.85. The summed E-state index contributed by atoms with van der Waals surface area (Å²) in [6.07, 6.45) is 19.3. The quantitative estimate of drug-likeness (QED) is 0.0639. The van der Waals surface area contributed by atoms with Crippen molar-refractivity contribution in [3.63, 3.8) is 0 Å². The number of allylic oxidation sites excluding steroid dienone is 10. The van der Waals surface area contributed by atoms with Gasteiger partial charge in [-0.05, 0) is 63.6 Å². The van der Waals surface area contributed by atoms with Crippen molar-refractivity contribution in [2.45, 2.75) is 138 Å². The summed E-state index contributed by atoms with van der Waals surface area (Å²) in [6.45, 7) is 5.05. The molecule has 0 amide bonds. The number of carbonyl (C=O) groups excluding carboxylic acids is 2. The second-order valence-corrected chi connectivity index (χ2v) is 19.1. The molecule has 15 atom stereocenters. The number of fused-ring (bicyclic) bond motifs is 2. The molecule has 5 aliphatic carbocycles. The van der Waals surface area contributed by atoms with Gasteiger partial charge < -0.3 is 48.8 Å². The number of unbranched alkanes of at least 4 members (excludes halogenated alkanes) is 1. The number of methoxy groups -OCH3 is 4. The van der Waals surface area contributed by atoms with Crippen LogP contribution in [0.1, 0.15) is 88.4 Å². The van der Waals surface area contributed by atoms with E-state index in [4.69, 9.17) is 28.4 Å². The lowest BCUT2D eigenvalue weighted by Gasteiger charge is -2.72. The molecule has 6 fully saturated rings. The lowest BCUT2D eigenvalue weighted by molar-refractivity contribution is -0.355. The largest absolute Gasteiger partial charge is 0.455 e. The maximum atomic E-state index is 14.6. The monoisotopic (exact) mass is 904 g/mol. The number of hydrogen-bond donors (Lipinski definition) is 4. The van der Waals surface area contributed by atoms with Crippen LogP contribution in [0.4, 0.5) is 0 Å². The molecule has 13 nitrogen and oxygen atoms in total. The molecule has 4 N–H and O–H groups in total. The molecule has 13 heteroatoms. The zero-order chi connectivity index (χ0) is 46.6. The van der Waals surface area contributed by atoms with Gasteiger partial charge in [-0.3, -0.25) is 9.69 Å². The number of esters is 2. The van der Waals surface area contributed by atoms with Crippen molar-refractivity contribution in [1.82, 2.24) is 4.90 Å². The van der Waals surface area contributed by atoms with Gasteiger partial charge in [-0.1, -0.05) is 92.8 Å². The number of ether oxygens (including phenoxy) is 6. The zero-order valence-electron chi connectivity index (χ0n) is 39.1. The van der Waals surface area contributed by atoms with Gasteiger partial charge in [0.05, 0.1) is 42.0 Å². The van der Waals surface area contributed by atoms with Gasteiger partial charge in [0.25, 0.3) is 0 Å². The first kappa shape index (κ1) is 49.4. The van der Waals surface area contributed by atoms with Crippen LogP contribution in [0.5, 0.6) is 0 Å². The molecule has 1 saturated heterocycles. The number of piperidine rings is 1. The minimum atomic E-state index is -2.15. The van der Waals surface area contributed by atoms with E-state index in [0.717, 1.165) is 32.1 Å². The summed E-state index contributed by atoms with van der Waals surface area (Å²) >= 11 is 0. The Morgan fingerprint density at radius 3 is 2.00 bits per heavy atom. The summed E-state index contributed by atoms with van der Waals surface area (Å²) in [4.78, 5) is 30.9. The molecule has 1 spiro atoms. The van der Waals surface area contributed by atoms with Crippen molar-refractivity contribution >= 4 is 11.9 Å². The van der Waals surface area contributed by atoms with Gasteiger partial charge in [0.15, 0.2) is 5.60 Å². The van der Waals surface area contributed by atoms with Crippen molar-refractivity contribution in [2.75, 3.05) is 48.1 Å². The zero-order valence-corrected chi connectivity index (χ0v) is 39.1. The molecule has 1 heterocycles. The van der Waals surface area contributed by atoms with E-state index in [1.54, 1.807) is 51.7 Å². The van der Waals surface area contributed by atoms with Crippen LogP contribution in [0.2, 0.25) is 0 Å². The number of likely N-dealkylation sites (tertiary alicyclic amines) is 1. The van der Waals surface area contributed by atoms with Crippen molar-refractivity contribution < 1.29 is 58.4 Å². The van der Waals surface area contributed by atoms with E-state index in [0.29, 0.717) is 25.9 Å². The lowest BCUT2D eigenvalue weighted by atomic mass is 9.40. The predicted molar refractivity (Wildman–Crippen MR) is 245 cm³/mol. The Kier molecular flexibility index (Phi) is 15.5. The number of nitrogens with zero attached hydrogens (tertiary/aromatic N) is 1. The van der Waals surface area contributed by atoms with Gasteiger partial charge in [-0.15, -0.1) is 0 Å². The standard InChI is InChI=1S/C52H73NO12/c1-7-9-10-11-12-13-14-15-16-17-18-19-20-21-22-23-27-30-38(55)65-52-39-40(62-5)41-48(34-60-3)33-53(8-2)43(39)51(41,37(61-4)31-36(48)54)50(59)32-49(58,46(63-6)44(52)56)45(42(50)52)64-47(57)35-28-25-24-26-29-35/h9-10,12-13,15-16,18-19,21-22,24-26,28-29,36-37,39-46,54,56,58-59H,7-8,11,14,17,20,23,27,30-34H2,1-6H3/b10-9-,13-12-,16-15-,19-18-,22-21-/t36-,37+,39+,40+,41-,42+,43?,44+,45-,46+,48+,49-,50+,51-,52+/m1/s1. The van der Waals surface area contributed by atoms with Gasteiger partial charge in [0.2, 0.25) is 0 Å². The van der Waals surface area contributed by atoms with Crippen LogP contribution in [0, 0.1) is 28.6 Å². The van der Waals surface area contributed by atoms with Crippen LogP contribution >= 0.6 is 0 Å². The maximum Gasteiger partial charge on any atom is 0.338 e. The summed E-state index contributed by atoms with van der Waals surface area (Å²) in [6, 6.07) is 7.70. The Bertz CT molecular complexity index is 1950. The minimum Gasteiger partial charge on any atom is -0.455 e. The molecule has 65 heavy (non-hydrogen) atoms. The van der Waals surface area contributed by atoms with E-state index in [1.807, 2.05) is 13.0 Å². The summed E-state index contributed by atoms with van der Waals surface area (Å²) in [5.74, 6) is -4.32. The molecule has 7 bridgehead atoms. The van der Waals surface area contributed by atoms with E-state index in [-0.39, 0.29) is 25.0 Å². The molecule has 0 aromatic heterocycles. The second-order valence-electron chi connectivity index (χ2n) is 19.1. The van der Waals surface area contributed by atoms with Gasteiger partial charge >= 0.3 is 11.9 Å². The van der Waals surface area contributed by atoms with Crippen LogP contribution in [0.3, 0.4) is 0 Å². The Balaban J connectivity index is 1.21. The number of rotatable bonds is 22. The van der Waals surface area contributed by atoms with E-state index in [9.17, 15) is 30.0 Å². The first-order valence-electron chi connectivity index (χ1n) is 23.7. The Labute approximate surface area is 385 Å². The molecular formula is C52H73NO12.